The van der Waals surface area contributed by atoms with Crippen molar-refractivity contribution in [3.05, 3.63) is 35.4 Å². The van der Waals surface area contributed by atoms with Gasteiger partial charge in [-0.25, -0.2) is 8.42 Å². The third-order valence-electron chi connectivity index (χ3n) is 2.95. The van der Waals surface area contributed by atoms with Gasteiger partial charge in [-0.1, -0.05) is 36.8 Å². The number of amides is 1. The van der Waals surface area contributed by atoms with E-state index >= 15 is 0 Å². The maximum absolute atomic E-state index is 11.5. The summed E-state index contributed by atoms with van der Waals surface area (Å²) < 4.78 is 21.9. The van der Waals surface area contributed by atoms with Crippen LogP contribution in [0.25, 0.3) is 0 Å². The van der Waals surface area contributed by atoms with Crippen LogP contribution in [0.2, 0.25) is 0 Å². The topological polar surface area (TPSA) is 63.2 Å². The van der Waals surface area contributed by atoms with Crippen LogP contribution in [0.5, 0.6) is 0 Å². The molecular formula is C14H21NO3S. The molecule has 0 fully saturated rings. The number of rotatable bonds is 6. The minimum Gasteiger partial charge on any atom is -0.355 e. The molecule has 1 N–H and O–H groups in total. The Labute approximate surface area is 115 Å². The van der Waals surface area contributed by atoms with E-state index in [-0.39, 0.29) is 24.0 Å². The van der Waals surface area contributed by atoms with Crippen LogP contribution in [-0.4, -0.2) is 32.9 Å². The minimum atomic E-state index is -3.08. The van der Waals surface area contributed by atoms with Gasteiger partial charge in [0.05, 0.1) is 5.75 Å². The summed E-state index contributed by atoms with van der Waals surface area (Å²) >= 11 is 0. The summed E-state index contributed by atoms with van der Waals surface area (Å²) in [6.07, 6.45) is 1.16. The van der Waals surface area contributed by atoms with Crippen molar-refractivity contribution in [2.75, 3.05) is 18.6 Å². The highest BCUT2D eigenvalue weighted by molar-refractivity contribution is 7.90. The van der Waals surface area contributed by atoms with E-state index in [1.807, 2.05) is 38.1 Å². The third-order valence-corrected chi connectivity index (χ3v) is 3.90. The maximum atomic E-state index is 11.5. The number of carbonyl (C=O) groups is 1. The second kappa shape index (κ2) is 6.70. The normalized spacial score (nSPS) is 13.0. The van der Waals surface area contributed by atoms with E-state index in [4.69, 9.17) is 0 Å². The fourth-order valence-corrected chi connectivity index (χ4v) is 2.20. The molecule has 0 saturated heterocycles. The highest BCUT2D eigenvalue weighted by atomic mass is 32.2. The van der Waals surface area contributed by atoms with Crippen molar-refractivity contribution in [2.24, 2.45) is 0 Å². The molecule has 0 aromatic heterocycles. The zero-order chi connectivity index (χ0) is 14.5. The van der Waals surface area contributed by atoms with Crippen LogP contribution < -0.4 is 5.32 Å². The Kier molecular flexibility index (Phi) is 5.54. The van der Waals surface area contributed by atoms with Crippen LogP contribution in [0, 0.1) is 6.92 Å². The standard InChI is InChI=1S/C14H21NO3S/c1-11-4-6-13(7-5-11)12(2)10-15-14(16)8-9-19(3,17)18/h4-7,12H,8-10H2,1-3H3,(H,15,16)/t12-/m1/s1. The molecule has 1 rings (SSSR count). The Morgan fingerprint density at radius 1 is 1.26 bits per heavy atom. The predicted octanol–water partition coefficient (Wildman–Crippen LogP) is 1.65. The smallest absolute Gasteiger partial charge is 0.221 e. The average molecular weight is 283 g/mol. The van der Waals surface area contributed by atoms with Crippen molar-refractivity contribution in [1.29, 1.82) is 0 Å². The quantitative estimate of drug-likeness (QED) is 0.863. The Morgan fingerprint density at radius 2 is 1.84 bits per heavy atom. The van der Waals surface area contributed by atoms with Gasteiger partial charge in [0.1, 0.15) is 9.84 Å². The lowest BCUT2D eigenvalue weighted by Gasteiger charge is -2.13. The zero-order valence-electron chi connectivity index (χ0n) is 11.6. The molecule has 106 valence electrons. The first-order valence-corrected chi connectivity index (χ1v) is 8.35. The molecular weight excluding hydrogens is 262 g/mol. The molecule has 0 aliphatic carbocycles. The Balaban J connectivity index is 2.39. The van der Waals surface area contributed by atoms with E-state index in [9.17, 15) is 13.2 Å². The molecule has 0 saturated carbocycles. The summed E-state index contributed by atoms with van der Waals surface area (Å²) in [5.41, 5.74) is 2.36. The van der Waals surface area contributed by atoms with Crippen molar-refractivity contribution in [1.82, 2.24) is 5.32 Å². The predicted molar refractivity (Wildman–Crippen MR) is 76.9 cm³/mol. The lowest BCUT2D eigenvalue weighted by molar-refractivity contribution is -0.120. The van der Waals surface area contributed by atoms with Crippen LogP contribution in [0.4, 0.5) is 0 Å². The summed E-state index contributed by atoms with van der Waals surface area (Å²) in [4.78, 5) is 11.5. The molecule has 0 aliphatic rings. The molecule has 1 aromatic rings. The van der Waals surface area contributed by atoms with Gasteiger partial charge < -0.3 is 5.32 Å². The summed E-state index contributed by atoms with van der Waals surface area (Å²) in [5, 5.41) is 2.76. The first-order valence-electron chi connectivity index (χ1n) is 6.29. The van der Waals surface area contributed by atoms with Crippen LogP contribution in [0.15, 0.2) is 24.3 Å². The Bertz CT molecular complexity index is 520. The van der Waals surface area contributed by atoms with Crippen LogP contribution in [0.1, 0.15) is 30.4 Å². The summed E-state index contributed by atoms with van der Waals surface area (Å²) in [7, 11) is -3.08. The van der Waals surface area contributed by atoms with Crippen molar-refractivity contribution in [3.63, 3.8) is 0 Å². The fraction of sp³-hybridized carbons (Fsp3) is 0.500. The lowest BCUT2D eigenvalue weighted by atomic mass is 10.00. The molecule has 0 aliphatic heterocycles. The third kappa shape index (κ3) is 6.38. The first-order chi connectivity index (χ1) is 8.78. The molecule has 19 heavy (non-hydrogen) atoms. The second-order valence-corrected chi connectivity index (χ2v) is 7.26. The number of benzene rings is 1. The van der Waals surface area contributed by atoms with Crippen LogP contribution in [0.3, 0.4) is 0 Å². The van der Waals surface area contributed by atoms with Gasteiger partial charge in [0.25, 0.3) is 0 Å². The maximum Gasteiger partial charge on any atom is 0.221 e. The Morgan fingerprint density at radius 3 is 2.37 bits per heavy atom. The van der Waals surface area contributed by atoms with Crippen molar-refractivity contribution >= 4 is 15.7 Å². The van der Waals surface area contributed by atoms with Crippen molar-refractivity contribution in [2.45, 2.75) is 26.2 Å². The van der Waals surface area contributed by atoms with Gasteiger partial charge in [-0.05, 0) is 18.4 Å². The number of hydrogen-bond acceptors (Lipinski definition) is 3. The van der Waals surface area contributed by atoms with Crippen LogP contribution >= 0.6 is 0 Å². The fourth-order valence-electron chi connectivity index (χ4n) is 1.65. The molecule has 0 radical (unpaired) electrons. The molecule has 1 atom stereocenters. The van der Waals surface area contributed by atoms with Gasteiger partial charge in [0.15, 0.2) is 0 Å². The first kappa shape index (κ1) is 15.7. The van der Waals surface area contributed by atoms with E-state index in [0.717, 1.165) is 11.8 Å². The number of nitrogens with one attached hydrogen (secondary N) is 1. The summed E-state index contributed by atoms with van der Waals surface area (Å²) in [6.45, 7) is 4.58. The van der Waals surface area contributed by atoms with E-state index in [0.29, 0.717) is 6.54 Å². The SMILES string of the molecule is Cc1ccc([C@H](C)CNC(=O)CCS(C)(=O)=O)cc1. The molecule has 1 amide bonds. The van der Waals surface area contributed by atoms with Gasteiger partial charge in [-0.2, -0.15) is 0 Å². The number of sulfone groups is 1. The number of aryl methyl sites for hydroxylation is 1. The van der Waals surface area contributed by atoms with Crippen molar-refractivity contribution < 1.29 is 13.2 Å². The summed E-state index contributed by atoms with van der Waals surface area (Å²) in [6, 6.07) is 8.17. The number of hydrogen-bond donors (Lipinski definition) is 1. The van der Waals surface area contributed by atoms with E-state index in [1.165, 1.54) is 5.56 Å². The molecule has 4 nitrogen and oxygen atoms in total. The monoisotopic (exact) mass is 283 g/mol. The highest BCUT2D eigenvalue weighted by Gasteiger charge is 2.10. The van der Waals surface area contributed by atoms with Gasteiger partial charge in [-0.15, -0.1) is 0 Å². The summed E-state index contributed by atoms with van der Waals surface area (Å²) in [5.74, 6) is -0.107. The highest BCUT2D eigenvalue weighted by Crippen LogP contribution is 2.14. The van der Waals surface area contributed by atoms with E-state index in [1.54, 1.807) is 0 Å². The van der Waals surface area contributed by atoms with Gasteiger partial charge in [0, 0.05) is 19.2 Å². The molecule has 0 unspecified atom stereocenters. The van der Waals surface area contributed by atoms with E-state index in [2.05, 4.69) is 5.32 Å². The Hall–Kier alpha value is -1.36. The second-order valence-electron chi connectivity index (χ2n) is 5.00. The van der Waals surface area contributed by atoms with Crippen molar-refractivity contribution in [3.8, 4) is 0 Å². The van der Waals surface area contributed by atoms with Gasteiger partial charge in [-0.3, -0.25) is 4.79 Å². The average Bonchev–Trinajstić information content (AvgIpc) is 2.33. The number of carbonyl (C=O) groups excluding carboxylic acids is 1. The molecule has 0 spiro atoms. The molecule has 0 heterocycles. The zero-order valence-corrected chi connectivity index (χ0v) is 12.5. The van der Waals surface area contributed by atoms with E-state index < -0.39 is 9.84 Å². The van der Waals surface area contributed by atoms with Gasteiger partial charge in [0.2, 0.25) is 5.91 Å². The minimum absolute atomic E-state index is 0.0272. The lowest BCUT2D eigenvalue weighted by Crippen LogP contribution is -2.28. The molecule has 5 heteroatoms. The molecule has 1 aromatic carbocycles. The molecule has 0 bridgehead atoms. The van der Waals surface area contributed by atoms with Gasteiger partial charge >= 0.3 is 0 Å². The largest absolute Gasteiger partial charge is 0.355 e. The van der Waals surface area contributed by atoms with Crippen LogP contribution in [-0.2, 0) is 14.6 Å².